The van der Waals surface area contributed by atoms with Crippen LogP contribution in [0.3, 0.4) is 0 Å². The number of para-hydroxylation sites is 1. The summed E-state index contributed by atoms with van der Waals surface area (Å²) in [6.45, 7) is 2.68. The normalized spacial score (nSPS) is 11.6. The van der Waals surface area contributed by atoms with Crippen LogP contribution in [-0.2, 0) is 24.4 Å². The summed E-state index contributed by atoms with van der Waals surface area (Å²) in [7, 11) is 0. The molecule has 0 aliphatic carbocycles. The molecule has 1 N–H and O–H groups in total. The molecule has 1 atom stereocenters. The summed E-state index contributed by atoms with van der Waals surface area (Å²) in [4.78, 5) is 19.8. The van der Waals surface area contributed by atoms with Crippen molar-refractivity contribution in [1.29, 1.82) is 0 Å². The highest BCUT2D eigenvalue weighted by Crippen LogP contribution is 2.31. The zero-order valence-electron chi connectivity index (χ0n) is 18.7. The number of hydrogen-bond donors (Lipinski definition) is 1. The van der Waals surface area contributed by atoms with E-state index in [1.807, 2.05) is 61.5 Å². The van der Waals surface area contributed by atoms with Crippen LogP contribution < -0.4 is 4.31 Å². The second kappa shape index (κ2) is 10.9. The molecule has 4 aromatic rings. The van der Waals surface area contributed by atoms with Gasteiger partial charge in [-0.1, -0.05) is 66.2 Å². The van der Waals surface area contributed by atoms with Gasteiger partial charge in [0, 0.05) is 25.5 Å². The second-order valence-electron chi connectivity index (χ2n) is 7.89. The van der Waals surface area contributed by atoms with E-state index in [0.717, 1.165) is 16.7 Å². The lowest BCUT2D eigenvalue weighted by atomic mass is 10.1. The SMILES string of the molecule is Cc1ccc(N(c2ccccc2C(=O)N(Cc2ccccc2)Cc2cccnc2)S(=O)O)cc1. The Labute approximate surface area is 201 Å². The summed E-state index contributed by atoms with van der Waals surface area (Å²) in [6.07, 6.45) is 3.43. The summed E-state index contributed by atoms with van der Waals surface area (Å²) in [6, 6.07) is 27.6. The molecule has 1 heterocycles. The van der Waals surface area contributed by atoms with Gasteiger partial charge in [0.15, 0.2) is 0 Å². The predicted octanol–water partition coefficient (Wildman–Crippen LogP) is 5.51. The minimum Gasteiger partial charge on any atom is -0.330 e. The van der Waals surface area contributed by atoms with Crippen LogP contribution in [0.5, 0.6) is 0 Å². The Morgan fingerprint density at radius 2 is 1.50 bits per heavy atom. The molecule has 0 saturated carbocycles. The molecule has 0 saturated heterocycles. The van der Waals surface area contributed by atoms with Gasteiger partial charge in [-0.05, 0) is 48.4 Å². The van der Waals surface area contributed by atoms with Crippen LogP contribution in [-0.4, -0.2) is 24.6 Å². The number of amides is 1. The maximum absolute atomic E-state index is 13.9. The molecule has 0 aliphatic heterocycles. The number of carbonyl (C=O) groups is 1. The summed E-state index contributed by atoms with van der Waals surface area (Å²) < 4.78 is 23.8. The Morgan fingerprint density at radius 3 is 2.18 bits per heavy atom. The van der Waals surface area contributed by atoms with Gasteiger partial charge in [-0.3, -0.25) is 14.3 Å². The average Bonchev–Trinajstić information content (AvgIpc) is 2.86. The van der Waals surface area contributed by atoms with Gasteiger partial charge in [0.2, 0.25) is 0 Å². The van der Waals surface area contributed by atoms with E-state index in [4.69, 9.17) is 0 Å². The molecule has 0 spiro atoms. The maximum atomic E-state index is 13.9. The van der Waals surface area contributed by atoms with E-state index in [1.54, 1.807) is 53.7 Å². The minimum absolute atomic E-state index is 0.245. The zero-order valence-corrected chi connectivity index (χ0v) is 19.6. The molecular formula is C27H25N3O3S. The van der Waals surface area contributed by atoms with Crippen molar-refractivity contribution in [2.24, 2.45) is 0 Å². The smallest absolute Gasteiger partial charge is 0.266 e. The van der Waals surface area contributed by atoms with Crippen molar-refractivity contribution in [2.75, 3.05) is 4.31 Å². The van der Waals surface area contributed by atoms with Gasteiger partial charge in [-0.2, -0.15) is 0 Å². The Bertz CT molecular complexity index is 1220. The Kier molecular flexibility index (Phi) is 7.47. The van der Waals surface area contributed by atoms with Crippen molar-refractivity contribution in [2.45, 2.75) is 20.0 Å². The molecule has 34 heavy (non-hydrogen) atoms. The largest absolute Gasteiger partial charge is 0.330 e. The molecule has 1 aromatic heterocycles. The quantitative estimate of drug-likeness (QED) is 0.344. The standard InChI is InChI=1S/C27H25N3O3S/c1-21-13-15-24(16-14-21)30(34(32)33)26-12-6-5-11-25(26)27(31)29(19-22-8-3-2-4-9-22)20-23-10-7-17-28-18-23/h2-18H,19-20H2,1H3,(H,32,33). The minimum atomic E-state index is -2.38. The van der Waals surface area contributed by atoms with Crippen molar-refractivity contribution in [3.8, 4) is 0 Å². The van der Waals surface area contributed by atoms with E-state index in [-0.39, 0.29) is 5.91 Å². The third-order valence-corrected chi connectivity index (χ3v) is 6.10. The fraction of sp³-hybridized carbons (Fsp3) is 0.111. The van der Waals surface area contributed by atoms with Crippen molar-refractivity contribution in [3.05, 3.63) is 126 Å². The maximum Gasteiger partial charge on any atom is 0.266 e. The predicted molar refractivity (Wildman–Crippen MR) is 135 cm³/mol. The molecule has 0 fully saturated rings. The van der Waals surface area contributed by atoms with Crippen LogP contribution in [0.25, 0.3) is 0 Å². The van der Waals surface area contributed by atoms with E-state index in [9.17, 15) is 13.6 Å². The molecule has 4 rings (SSSR count). The summed E-state index contributed by atoms with van der Waals surface area (Å²) >= 11 is -2.38. The first-order valence-corrected chi connectivity index (χ1v) is 11.9. The average molecular weight is 472 g/mol. The van der Waals surface area contributed by atoms with Gasteiger partial charge in [-0.15, -0.1) is 0 Å². The number of aromatic nitrogens is 1. The molecular weight excluding hydrogens is 446 g/mol. The van der Waals surface area contributed by atoms with Gasteiger partial charge < -0.3 is 4.90 Å². The van der Waals surface area contributed by atoms with E-state index >= 15 is 0 Å². The van der Waals surface area contributed by atoms with Crippen molar-refractivity contribution < 1.29 is 13.6 Å². The van der Waals surface area contributed by atoms with Crippen LogP contribution in [0.4, 0.5) is 11.4 Å². The molecule has 7 heteroatoms. The van der Waals surface area contributed by atoms with E-state index in [1.165, 1.54) is 4.31 Å². The topological polar surface area (TPSA) is 73.7 Å². The number of nitrogens with zero attached hydrogens (tertiary/aromatic N) is 3. The lowest BCUT2D eigenvalue weighted by Gasteiger charge is -2.27. The molecule has 172 valence electrons. The first-order valence-electron chi connectivity index (χ1n) is 10.8. The first kappa shape index (κ1) is 23.4. The van der Waals surface area contributed by atoms with Crippen LogP contribution in [0.1, 0.15) is 27.0 Å². The van der Waals surface area contributed by atoms with Gasteiger partial charge in [0.25, 0.3) is 17.2 Å². The Hall–Kier alpha value is -3.81. The molecule has 6 nitrogen and oxygen atoms in total. The van der Waals surface area contributed by atoms with Gasteiger partial charge in [0.05, 0.1) is 16.9 Å². The van der Waals surface area contributed by atoms with E-state index in [2.05, 4.69) is 4.98 Å². The summed E-state index contributed by atoms with van der Waals surface area (Å²) in [5, 5.41) is 0. The third kappa shape index (κ3) is 5.57. The van der Waals surface area contributed by atoms with Crippen LogP contribution in [0, 0.1) is 6.92 Å². The number of rotatable bonds is 8. The van der Waals surface area contributed by atoms with Crippen LogP contribution in [0.15, 0.2) is 103 Å². The fourth-order valence-electron chi connectivity index (χ4n) is 3.71. The number of anilines is 2. The highest BCUT2D eigenvalue weighted by Gasteiger charge is 2.25. The monoisotopic (exact) mass is 471 g/mol. The molecule has 0 aliphatic rings. The lowest BCUT2D eigenvalue weighted by molar-refractivity contribution is 0.0731. The molecule has 0 radical (unpaired) electrons. The molecule has 1 unspecified atom stereocenters. The molecule has 1 amide bonds. The van der Waals surface area contributed by atoms with Gasteiger partial charge in [-0.25, -0.2) is 8.51 Å². The number of benzene rings is 3. The second-order valence-corrected chi connectivity index (χ2v) is 8.71. The van der Waals surface area contributed by atoms with Crippen molar-refractivity contribution in [1.82, 2.24) is 9.88 Å². The van der Waals surface area contributed by atoms with E-state index < -0.39 is 11.3 Å². The Morgan fingerprint density at radius 1 is 0.853 bits per heavy atom. The first-order chi connectivity index (χ1) is 16.5. The van der Waals surface area contributed by atoms with Gasteiger partial charge >= 0.3 is 0 Å². The fourth-order valence-corrected chi connectivity index (χ4v) is 4.34. The summed E-state index contributed by atoms with van der Waals surface area (Å²) in [5.41, 5.74) is 4.13. The van der Waals surface area contributed by atoms with Gasteiger partial charge in [0.1, 0.15) is 0 Å². The number of pyridine rings is 1. The lowest BCUT2D eigenvalue weighted by Crippen LogP contribution is -2.32. The van der Waals surface area contributed by atoms with Crippen molar-refractivity contribution >= 4 is 28.5 Å². The summed E-state index contributed by atoms with van der Waals surface area (Å²) in [5.74, 6) is -0.245. The third-order valence-electron chi connectivity index (χ3n) is 5.38. The van der Waals surface area contributed by atoms with Crippen LogP contribution >= 0.6 is 0 Å². The van der Waals surface area contributed by atoms with Crippen molar-refractivity contribution in [3.63, 3.8) is 0 Å². The zero-order chi connectivity index (χ0) is 23.9. The number of carbonyl (C=O) groups excluding carboxylic acids is 1. The Balaban J connectivity index is 1.74. The molecule has 0 bridgehead atoms. The van der Waals surface area contributed by atoms with Crippen LogP contribution in [0.2, 0.25) is 0 Å². The highest BCUT2D eigenvalue weighted by atomic mass is 32.2. The molecule has 3 aromatic carbocycles. The van der Waals surface area contributed by atoms with E-state index in [0.29, 0.717) is 30.0 Å². The number of hydrogen-bond acceptors (Lipinski definition) is 3. The number of aryl methyl sites for hydroxylation is 1. The highest BCUT2D eigenvalue weighted by molar-refractivity contribution is 7.81.